The summed E-state index contributed by atoms with van der Waals surface area (Å²) < 4.78 is 14.8. The van der Waals surface area contributed by atoms with Gasteiger partial charge in [0.15, 0.2) is 0 Å². The molecule has 3 heterocycles. The van der Waals surface area contributed by atoms with Gasteiger partial charge in [0, 0.05) is 37.3 Å². The van der Waals surface area contributed by atoms with Gasteiger partial charge in [-0.1, -0.05) is 51.1 Å². The van der Waals surface area contributed by atoms with E-state index in [1.165, 1.54) is 12.1 Å². The third-order valence-electron chi connectivity index (χ3n) is 6.56. The van der Waals surface area contributed by atoms with Gasteiger partial charge in [-0.05, 0) is 43.5 Å². The summed E-state index contributed by atoms with van der Waals surface area (Å²) in [5, 5.41) is 0.266. The third kappa shape index (κ3) is 5.54. The molecule has 7 nitrogen and oxygen atoms in total. The Bertz CT molecular complexity index is 1270. The molecule has 0 spiro atoms. The predicted molar refractivity (Wildman–Crippen MR) is 145 cm³/mol. The van der Waals surface area contributed by atoms with E-state index < -0.39 is 5.82 Å². The summed E-state index contributed by atoms with van der Waals surface area (Å²) in [6.45, 7) is 15.3. The number of aromatic nitrogens is 1. The summed E-state index contributed by atoms with van der Waals surface area (Å²) in [5.74, 6) is 0.143. The molecule has 0 aliphatic carbocycles. The van der Waals surface area contributed by atoms with Crippen molar-refractivity contribution in [3.05, 3.63) is 59.4 Å². The second-order valence-electron chi connectivity index (χ2n) is 11.0. The molecule has 0 bridgehead atoms. The number of nitrogens with zero attached hydrogens (tertiary/aromatic N) is 5. The Morgan fingerprint density at radius 1 is 1.19 bits per heavy atom. The molecule has 2 aliphatic heterocycles. The number of carbonyl (C=O) groups is 2. The van der Waals surface area contributed by atoms with Crippen LogP contribution in [0.4, 0.5) is 10.2 Å². The minimum absolute atomic E-state index is 0.0396. The summed E-state index contributed by atoms with van der Waals surface area (Å²) in [6.07, 6.45) is 1.32. The van der Waals surface area contributed by atoms with Crippen molar-refractivity contribution < 1.29 is 14.0 Å². The van der Waals surface area contributed by atoms with Gasteiger partial charge in [0.2, 0.25) is 5.91 Å². The molecule has 1 aromatic carbocycles. The van der Waals surface area contributed by atoms with Crippen LogP contribution in [0.1, 0.15) is 40.2 Å². The number of amidine groups is 1. The molecule has 0 unspecified atom stereocenters. The van der Waals surface area contributed by atoms with E-state index in [2.05, 4.69) is 32.3 Å². The molecule has 2 amide bonds. The van der Waals surface area contributed by atoms with E-state index in [1.807, 2.05) is 23.6 Å². The van der Waals surface area contributed by atoms with Crippen molar-refractivity contribution in [2.75, 3.05) is 31.1 Å². The molecular weight excluding hydrogens is 493 g/mol. The summed E-state index contributed by atoms with van der Waals surface area (Å²) in [6, 6.07) is 7.84. The highest BCUT2D eigenvalue weighted by atomic mass is 35.5. The van der Waals surface area contributed by atoms with Gasteiger partial charge in [-0.25, -0.2) is 9.37 Å². The smallest absolute Gasteiger partial charge is 0.267 e. The van der Waals surface area contributed by atoms with Crippen molar-refractivity contribution in [1.29, 1.82) is 0 Å². The molecular formula is C28H33ClFN5O2. The molecule has 37 heavy (non-hydrogen) atoms. The molecule has 196 valence electrons. The Labute approximate surface area is 222 Å². The number of hydrogen-bond donors (Lipinski definition) is 0. The fourth-order valence-corrected chi connectivity index (χ4v) is 5.20. The van der Waals surface area contributed by atoms with E-state index in [-0.39, 0.29) is 40.9 Å². The summed E-state index contributed by atoms with van der Waals surface area (Å²) in [5.41, 5.74) is 1.07. The molecule has 1 aromatic heterocycles. The van der Waals surface area contributed by atoms with Gasteiger partial charge in [0.1, 0.15) is 24.0 Å². The fourth-order valence-electron chi connectivity index (χ4n) is 4.95. The van der Waals surface area contributed by atoms with Crippen LogP contribution in [0.3, 0.4) is 0 Å². The predicted octanol–water partition coefficient (Wildman–Crippen LogP) is 4.79. The quantitative estimate of drug-likeness (QED) is 0.539. The van der Waals surface area contributed by atoms with E-state index in [0.717, 1.165) is 0 Å². The first-order valence-corrected chi connectivity index (χ1v) is 12.8. The van der Waals surface area contributed by atoms with Gasteiger partial charge in [-0.2, -0.15) is 4.99 Å². The maximum atomic E-state index is 14.8. The van der Waals surface area contributed by atoms with E-state index in [0.29, 0.717) is 48.1 Å². The van der Waals surface area contributed by atoms with Crippen LogP contribution >= 0.6 is 11.6 Å². The highest BCUT2D eigenvalue weighted by Gasteiger charge is 2.37. The lowest BCUT2D eigenvalue weighted by Gasteiger charge is -2.45. The van der Waals surface area contributed by atoms with Crippen LogP contribution in [0.15, 0.2) is 48.0 Å². The third-order valence-corrected chi connectivity index (χ3v) is 6.85. The number of amides is 2. The zero-order valence-electron chi connectivity index (χ0n) is 22.0. The number of pyridine rings is 1. The van der Waals surface area contributed by atoms with Crippen molar-refractivity contribution in [1.82, 2.24) is 14.8 Å². The van der Waals surface area contributed by atoms with Gasteiger partial charge in [0.25, 0.3) is 5.91 Å². The van der Waals surface area contributed by atoms with Crippen LogP contribution in [0, 0.1) is 11.2 Å². The van der Waals surface area contributed by atoms with Crippen molar-refractivity contribution in [2.24, 2.45) is 10.4 Å². The van der Waals surface area contributed by atoms with Crippen molar-refractivity contribution in [3.63, 3.8) is 0 Å². The molecule has 0 N–H and O–H groups in total. The first-order valence-electron chi connectivity index (χ1n) is 12.4. The van der Waals surface area contributed by atoms with Gasteiger partial charge < -0.3 is 14.7 Å². The standard InChI is InChI=1S/C28H33ClFN5O2/c1-7-24(37)34-13-18(3)35(14-17(34)2)27-20-12-21(29)25(19-10-8-9-11-22(19)30)32-26(20)33(15-23(36)31-27)16-28(4,5)6/h7-12,17-18H,1,13-16H2,2-6H3/t17-,18+/m1/s1. The molecule has 2 atom stereocenters. The van der Waals surface area contributed by atoms with Crippen LogP contribution < -0.4 is 4.90 Å². The van der Waals surface area contributed by atoms with Crippen LogP contribution in [0.5, 0.6) is 0 Å². The zero-order valence-corrected chi connectivity index (χ0v) is 22.7. The number of piperazine rings is 1. The van der Waals surface area contributed by atoms with Gasteiger partial charge in [-0.15, -0.1) is 0 Å². The van der Waals surface area contributed by atoms with Crippen LogP contribution in [-0.2, 0) is 9.59 Å². The Hall–Kier alpha value is -3.26. The molecule has 1 fully saturated rings. The number of anilines is 1. The van der Waals surface area contributed by atoms with E-state index in [9.17, 15) is 14.0 Å². The molecule has 0 radical (unpaired) electrons. The highest BCUT2D eigenvalue weighted by Crippen LogP contribution is 2.36. The molecule has 2 aliphatic rings. The van der Waals surface area contributed by atoms with Crippen molar-refractivity contribution >= 4 is 35.1 Å². The Kier molecular flexibility index (Phi) is 7.42. The van der Waals surface area contributed by atoms with E-state index >= 15 is 0 Å². The summed E-state index contributed by atoms with van der Waals surface area (Å²) in [4.78, 5) is 40.6. The SMILES string of the molecule is C=CC(=O)N1C[C@H](C)N(C2=NC(=O)CN(CC(C)(C)C)c3nc(-c4ccccc4F)c(Cl)cc32)C[C@H]1C. The monoisotopic (exact) mass is 525 g/mol. The minimum atomic E-state index is -0.428. The largest absolute Gasteiger partial charge is 0.349 e. The Morgan fingerprint density at radius 2 is 1.89 bits per heavy atom. The average molecular weight is 526 g/mol. The summed E-state index contributed by atoms with van der Waals surface area (Å²) >= 11 is 6.72. The molecule has 1 saturated heterocycles. The van der Waals surface area contributed by atoms with Gasteiger partial charge in [0.05, 0.1) is 16.3 Å². The number of carbonyl (C=O) groups excluding carboxylic acids is 2. The maximum Gasteiger partial charge on any atom is 0.267 e. The molecule has 0 saturated carbocycles. The van der Waals surface area contributed by atoms with E-state index in [4.69, 9.17) is 16.6 Å². The molecule has 4 rings (SSSR count). The molecule has 2 aromatic rings. The lowest BCUT2D eigenvalue weighted by Crippen LogP contribution is -2.59. The molecule has 9 heteroatoms. The topological polar surface area (TPSA) is 69.1 Å². The number of aliphatic imine (C=N–C) groups is 1. The first kappa shape index (κ1) is 26.8. The van der Waals surface area contributed by atoms with Crippen molar-refractivity contribution in [2.45, 2.75) is 46.7 Å². The minimum Gasteiger partial charge on any atom is -0.349 e. The van der Waals surface area contributed by atoms with Crippen LogP contribution in [-0.4, -0.2) is 70.7 Å². The second kappa shape index (κ2) is 10.2. The number of benzene rings is 1. The Morgan fingerprint density at radius 3 is 2.54 bits per heavy atom. The number of rotatable bonds is 3. The number of hydrogen-bond acceptors (Lipinski definition) is 5. The zero-order chi connectivity index (χ0) is 27.1. The van der Waals surface area contributed by atoms with Crippen LogP contribution in [0.25, 0.3) is 11.3 Å². The Balaban J connectivity index is 1.86. The van der Waals surface area contributed by atoms with Crippen LogP contribution in [0.2, 0.25) is 5.02 Å². The second-order valence-corrected chi connectivity index (χ2v) is 11.4. The summed E-state index contributed by atoms with van der Waals surface area (Å²) in [7, 11) is 0. The average Bonchev–Trinajstić information content (AvgIpc) is 2.94. The van der Waals surface area contributed by atoms with E-state index in [1.54, 1.807) is 29.2 Å². The van der Waals surface area contributed by atoms with Gasteiger partial charge >= 0.3 is 0 Å². The van der Waals surface area contributed by atoms with Crippen molar-refractivity contribution in [3.8, 4) is 11.3 Å². The fraction of sp³-hybridized carbons (Fsp3) is 0.429. The lowest BCUT2D eigenvalue weighted by molar-refractivity contribution is -0.130. The normalized spacial score (nSPS) is 20.4. The number of halogens is 2. The lowest BCUT2D eigenvalue weighted by atomic mass is 9.95. The van der Waals surface area contributed by atoms with Gasteiger partial charge in [-0.3, -0.25) is 9.59 Å². The first-order chi connectivity index (χ1) is 17.4. The highest BCUT2D eigenvalue weighted by molar-refractivity contribution is 6.33. The maximum absolute atomic E-state index is 14.8. The number of fused-ring (bicyclic) bond motifs is 1.